The molecule has 120 valence electrons. The molecule has 0 aromatic carbocycles. The number of aromatic nitrogens is 1. The average Bonchev–Trinajstić information content (AvgIpc) is 2.85. The van der Waals surface area contributed by atoms with Crippen LogP contribution in [0.5, 0.6) is 0 Å². The SMILES string of the molecule is C=CCNC(=NC)NCc1ccnc(N2CCCCCC2)c1. The van der Waals surface area contributed by atoms with Crippen LogP contribution in [-0.2, 0) is 6.54 Å². The van der Waals surface area contributed by atoms with Gasteiger partial charge in [-0.05, 0) is 30.5 Å². The maximum Gasteiger partial charge on any atom is 0.191 e. The van der Waals surface area contributed by atoms with Crippen LogP contribution >= 0.6 is 0 Å². The second kappa shape index (κ2) is 9.07. The Kier molecular flexibility index (Phi) is 6.74. The number of guanidine groups is 1. The van der Waals surface area contributed by atoms with Gasteiger partial charge in [0.25, 0.3) is 0 Å². The van der Waals surface area contributed by atoms with Crippen LogP contribution < -0.4 is 15.5 Å². The average molecular weight is 301 g/mol. The molecule has 0 radical (unpaired) electrons. The van der Waals surface area contributed by atoms with Gasteiger partial charge in [-0.1, -0.05) is 18.9 Å². The highest BCUT2D eigenvalue weighted by Gasteiger charge is 2.11. The Bertz CT molecular complexity index is 490. The summed E-state index contributed by atoms with van der Waals surface area (Å²) in [7, 11) is 1.77. The molecule has 0 aliphatic carbocycles. The first-order chi connectivity index (χ1) is 10.8. The monoisotopic (exact) mass is 301 g/mol. The van der Waals surface area contributed by atoms with Crippen molar-refractivity contribution in [2.45, 2.75) is 32.2 Å². The van der Waals surface area contributed by atoms with Crippen molar-refractivity contribution in [2.24, 2.45) is 4.99 Å². The third-order valence-electron chi connectivity index (χ3n) is 3.84. The third-order valence-corrected chi connectivity index (χ3v) is 3.84. The number of rotatable bonds is 5. The van der Waals surface area contributed by atoms with Crippen LogP contribution in [0.2, 0.25) is 0 Å². The first kappa shape index (κ1) is 16.3. The standard InChI is InChI=1S/C17H27N5/c1-3-9-20-17(18-2)21-14-15-8-10-19-16(13-15)22-11-6-4-5-7-12-22/h3,8,10,13H,1,4-7,9,11-12,14H2,2H3,(H2,18,20,21). The zero-order chi connectivity index (χ0) is 15.6. The summed E-state index contributed by atoms with van der Waals surface area (Å²) in [5, 5.41) is 6.48. The van der Waals surface area contributed by atoms with Gasteiger partial charge in [0.15, 0.2) is 5.96 Å². The Morgan fingerprint density at radius 2 is 2.09 bits per heavy atom. The molecule has 2 rings (SSSR count). The van der Waals surface area contributed by atoms with Gasteiger partial charge in [-0.15, -0.1) is 6.58 Å². The molecule has 1 aliphatic rings. The van der Waals surface area contributed by atoms with Crippen molar-refractivity contribution in [3.63, 3.8) is 0 Å². The first-order valence-electron chi connectivity index (χ1n) is 8.09. The molecule has 1 aromatic heterocycles. The van der Waals surface area contributed by atoms with E-state index < -0.39 is 0 Å². The van der Waals surface area contributed by atoms with E-state index in [4.69, 9.17) is 0 Å². The lowest BCUT2D eigenvalue weighted by molar-refractivity contribution is 0.726. The Labute approximate surface area is 133 Å². The van der Waals surface area contributed by atoms with Crippen LogP contribution in [0, 0.1) is 0 Å². The molecule has 2 heterocycles. The minimum absolute atomic E-state index is 0.703. The molecule has 0 unspecified atom stereocenters. The largest absolute Gasteiger partial charge is 0.357 e. The topological polar surface area (TPSA) is 52.6 Å². The van der Waals surface area contributed by atoms with Crippen molar-refractivity contribution < 1.29 is 0 Å². The van der Waals surface area contributed by atoms with Crippen molar-refractivity contribution in [1.82, 2.24) is 15.6 Å². The normalized spacial score (nSPS) is 16.0. The quantitative estimate of drug-likeness (QED) is 0.498. The molecule has 0 bridgehead atoms. The van der Waals surface area contributed by atoms with Crippen LogP contribution in [0.3, 0.4) is 0 Å². The molecule has 0 amide bonds. The molecule has 1 aromatic rings. The molecule has 5 nitrogen and oxygen atoms in total. The van der Waals surface area contributed by atoms with Crippen molar-refractivity contribution in [1.29, 1.82) is 0 Å². The van der Waals surface area contributed by atoms with Crippen LogP contribution in [0.25, 0.3) is 0 Å². The summed E-state index contributed by atoms with van der Waals surface area (Å²) in [5.41, 5.74) is 1.22. The van der Waals surface area contributed by atoms with Gasteiger partial charge in [-0.2, -0.15) is 0 Å². The number of pyridine rings is 1. The minimum atomic E-state index is 0.703. The summed E-state index contributed by atoms with van der Waals surface area (Å²) in [6.45, 7) is 7.37. The first-order valence-corrected chi connectivity index (χ1v) is 8.09. The molecule has 0 spiro atoms. The van der Waals surface area contributed by atoms with Gasteiger partial charge >= 0.3 is 0 Å². The van der Waals surface area contributed by atoms with E-state index in [1.165, 1.54) is 31.2 Å². The summed E-state index contributed by atoms with van der Waals surface area (Å²) >= 11 is 0. The highest BCUT2D eigenvalue weighted by molar-refractivity contribution is 5.79. The van der Waals surface area contributed by atoms with E-state index in [0.29, 0.717) is 6.54 Å². The number of anilines is 1. The molecule has 0 saturated carbocycles. The molecule has 22 heavy (non-hydrogen) atoms. The zero-order valence-electron chi connectivity index (χ0n) is 13.5. The Balaban J connectivity index is 1.94. The number of nitrogens with zero attached hydrogens (tertiary/aromatic N) is 3. The minimum Gasteiger partial charge on any atom is -0.357 e. The lowest BCUT2D eigenvalue weighted by Gasteiger charge is -2.22. The molecule has 1 aliphatic heterocycles. The zero-order valence-corrected chi connectivity index (χ0v) is 13.5. The number of nitrogens with one attached hydrogen (secondary N) is 2. The lowest BCUT2D eigenvalue weighted by atomic mass is 10.2. The maximum absolute atomic E-state index is 4.54. The van der Waals surface area contributed by atoms with E-state index in [1.54, 1.807) is 7.05 Å². The smallest absolute Gasteiger partial charge is 0.191 e. The van der Waals surface area contributed by atoms with E-state index in [2.05, 4.69) is 44.2 Å². The van der Waals surface area contributed by atoms with E-state index >= 15 is 0 Å². The fourth-order valence-electron chi connectivity index (χ4n) is 2.62. The highest BCUT2D eigenvalue weighted by atomic mass is 15.2. The summed E-state index contributed by atoms with van der Waals surface area (Å²) in [6, 6.07) is 4.23. The van der Waals surface area contributed by atoms with Gasteiger partial charge in [0.05, 0.1) is 0 Å². The van der Waals surface area contributed by atoms with E-state index in [9.17, 15) is 0 Å². The Morgan fingerprint density at radius 1 is 1.32 bits per heavy atom. The van der Waals surface area contributed by atoms with Crippen molar-refractivity contribution in [3.05, 3.63) is 36.5 Å². The van der Waals surface area contributed by atoms with Crippen LogP contribution in [-0.4, -0.2) is 37.6 Å². The van der Waals surface area contributed by atoms with Gasteiger partial charge < -0.3 is 15.5 Å². The molecular formula is C17H27N5. The van der Waals surface area contributed by atoms with Crippen molar-refractivity contribution in [3.8, 4) is 0 Å². The summed E-state index contributed by atoms with van der Waals surface area (Å²) in [4.78, 5) is 11.1. The van der Waals surface area contributed by atoms with Gasteiger partial charge in [0, 0.05) is 39.4 Å². The molecule has 1 fully saturated rings. The van der Waals surface area contributed by atoms with E-state index in [-0.39, 0.29) is 0 Å². The molecular weight excluding hydrogens is 274 g/mol. The predicted octanol–water partition coefficient (Wildman–Crippen LogP) is 2.31. The fraction of sp³-hybridized carbons (Fsp3) is 0.529. The van der Waals surface area contributed by atoms with Crippen LogP contribution in [0.1, 0.15) is 31.2 Å². The van der Waals surface area contributed by atoms with Gasteiger partial charge in [0.1, 0.15) is 5.82 Å². The molecule has 5 heteroatoms. The van der Waals surface area contributed by atoms with Crippen molar-refractivity contribution in [2.75, 3.05) is 31.6 Å². The van der Waals surface area contributed by atoms with Gasteiger partial charge in [-0.25, -0.2) is 4.98 Å². The molecule has 2 N–H and O–H groups in total. The van der Waals surface area contributed by atoms with E-state index in [1.807, 2.05) is 12.3 Å². The molecule has 1 saturated heterocycles. The van der Waals surface area contributed by atoms with Crippen molar-refractivity contribution >= 4 is 11.8 Å². The molecule has 0 atom stereocenters. The fourth-order valence-corrected chi connectivity index (χ4v) is 2.62. The van der Waals surface area contributed by atoms with Crippen LogP contribution in [0.15, 0.2) is 36.0 Å². The maximum atomic E-state index is 4.54. The third kappa shape index (κ3) is 5.06. The summed E-state index contributed by atoms with van der Waals surface area (Å²) in [6.07, 6.45) is 8.92. The van der Waals surface area contributed by atoms with Gasteiger partial charge in [-0.3, -0.25) is 4.99 Å². The number of aliphatic imine (C=N–C) groups is 1. The number of hydrogen-bond acceptors (Lipinski definition) is 3. The predicted molar refractivity (Wildman–Crippen MR) is 93.3 cm³/mol. The second-order valence-electron chi connectivity index (χ2n) is 5.52. The summed E-state index contributed by atoms with van der Waals surface area (Å²) in [5.74, 6) is 1.88. The van der Waals surface area contributed by atoms with Gasteiger partial charge in [0.2, 0.25) is 0 Å². The van der Waals surface area contributed by atoms with Crippen LogP contribution in [0.4, 0.5) is 5.82 Å². The highest BCUT2D eigenvalue weighted by Crippen LogP contribution is 2.18. The van der Waals surface area contributed by atoms with E-state index in [0.717, 1.165) is 31.4 Å². The Hall–Kier alpha value is -2.04. The number of hydrogen-bond donors (Lipinski definition) is 2. The Morgan fingerprint density at radius 3 is 2.77 bits per heavy atom. The summed E-state index contributed by atoms with van der Waals surface area (Å²) < 4.78 is 0. The lowest BCUT2D eigenvalue weighted by Crippen LogP contribution is -2.36. The second-order valence-corrected chi connectivity index (χ2v) is 5.52.